The van der Waals surface area contributed by atoms with Crippen molar-refractivity contribution in [3.05, 3.63) is 59.7 Å². The first-order valence-electron chi connectivity index (χ1n) is 12.5. The van der Waals surface area contributed by atoms with Crippen LogP contribution in [-0.4, -0.2) is 53.2 Å². The van der Waals surface area contributed by atoms with E-state index in [1.165, 1.54) is 27.2 Å². The molecule has 2 amide bonds. The molecule has 0 saturated heterocycles. The molecule has 0 heterocycles. The largest absolute Gasteiger partial charge is 0.480 e. The Morgan fingerprint density at radius 3 is 2.23 bits per heavy atom. The predicted octanol–water partition coefficient (Wildman–Crippen LogP) is 4.26. The van der Waals surface area contributed by atoms with E-state index in [0.717, 1.165) is 12.8 Å². The Morgan fingerprint density at radius 1 is 1.00 bits per heavy atom. The van der Waals surface area contributed by atoms with Gasteiger partial charge in [-0.15, -0.1) is 0 Å². The number of hydrogen-bond acceptors (Lipinski definition) is 4. The fourth-order valence-corrected chi connectivity index (χ4v) is 6.28. The number of aliphatic carboxylic acids is 1. The molecular weight excluding hydrogens is 444 g/mol. The summed E-state index contributed by atoms with van der Waals surface area (Å²) in [6.07, 6.45) is 1.86. The lowest BCUT2D eigenvalue weighted by Crippen LogP contribution is -2.50. The smallest absolute Gasteiger partial charge is 0.407 e. The molecule has 0 bridgehead atoms. The SMILES string of the molecule is CC(C)N(CC(=O)O)C(=O)C1C[C@H]2C[C@@H](NC(=O)OCC3c4ccccc4-c4ccccc43)[C@H]2C1. The lowest BCUT2D eigenvalue weighted by molar-refractivity contribution is -0.147. The molecule has 2 aromatic carbocycles. The minimum Gasteiger partial charge on any atom is -0.480 e. The topological polar surface area (TPSA) is 95.9 Å². The van der Waals surface area contributed by atoms with Gasteiger partial charge in [0.15, 0.2) is 0 Å². The Labute approximate surface area is 205 Å². The van der Waals surface area contributed by atoms with E-state index in [1.54, 1.807) is 0 Å². The molecule has 1 unspecified atom stereocenters. The van der Waals surface area contributed by atoms with Crippen LogP contribution in [0.3, 0.4) is 0 Å². The summed E-state index contributed by atoms with van der Waals surface area (Å²) in [7, 11) is 0. The van der Waals surface area contributed by atoms with Crippen molar-refractivity contribution in [2.24, 2.45) is 17.8 Å². The second-order valence-corrected chi connectivity index (χ2v) is 10.4. The summed E-state index contributed by atoms with van der Waals surface area (Å²) in [6.45, 7) is 3.68. The highest BCUT2D eigenvalue weighted by atomic mass is 16.5. The summed E-state index contributed by atoms with van der Waals surface area (Å²) >= 11 is 0. The van der Waals surface area contributed by atoms with Crippen LogP contribution in [0.25, 0.3) is 11.1 Å². The molecule has 0 aromatic heterocycles. The van der Waals surface area contributed by atoms with Gasteiger partial charge >= 0.3 is 12.1 Å². The van der Waals surface area contributed by atoms with Gasteiger partial charge < -0.3 is 20.1 Å². The Morgan fingerprint density at radius 2 is 1.63 bits per heavy atom. The first-order valence-corrected chi connectivity index (χ1v) is 12.5. The summed E-state index contributed by atoms with van der Waals surface area (Å²) in [5.41, 5.74) is 4.75. The molecular formula is C28H32N2O5. The molecule has 3 aliphatic rings. The first kappa shape index (κ1) is 23.4. The second-order valence-electron chi connectivity index (χ2n) is 10.4. The number of rotatable bonds is 7. The number of hydrogen-bond donors (Lipinski definition) is 2. The van der Waals surface area contributed by atoms with Crippen molar-refractivity contribution in [1.29, 1.82) is 0 Å². The van der Waals surface area contributed by atoms with Gasteiger partial charge in [0.25, 0.3) is 0 Å². The van der Waals surface area contributed by atoms with Gasteiger partial charge in [-0.25, -0.2) is 4.79 Å². The van der Waals surface area contributed by atoms with Crippen LogP contribution in [0.1, 0.15) is 50.2 Å². The molecule has 2 fully saturated rings. The highest BCUT2D eigenvalue weighted by Gasteiger charge is 2.51. The molecule has 2 aromatic rings. The number of nitrogens with zero attached hydrogens (tertiary/aromatic N) is 1. The molecule has 7 nitrogen and oxygen atoms in total. The van der Waals surface area contributed by atoms with Gasteiger partial charge in [0.1, 0.15) is 13.2 Å². The van der Waals surface area contributed by atoms with E-state index in [4.69, 9.17) is 9.84 Å². The first-order chi connectivity index (χ1) is 16.8. The average Bonchev–Trinajstić information content (AvgIpc) is 3.34. The number of carbonyl (C=O) groups is 3. The third-order valence-corrected chi connectivity index (χ3v) is 8.03. The van der Waals surface area contributed by atoms with Crippen LogP contribution >= 0.6 is 0 Å². The van der Waals surface area contributed by atoms with Crippen molar-refractivity contribution in [2.45, 2.75) is 51.1 Å². The van der Waals surface area contributed by atoms with Crippen molar-refractivity contribution in [3.8, 4) is 11.1 Å². The van der Waals surface area contributed by atoms with E-state index < -0.39 is 12.1 Å². The van der Waals surface area contributed by atoms with Gasteiger partial charge in [-0.1, -0.05) is 48.5 Å². The Hall–Kier alpha value is -3.35. The number of carboxylic acids is 1. The number of carboxylic acid groups (broad SMARTS) is 1. The maximum absolute atomic E-state index is 13.0. The van der Waals surface area contributed by atoms with Crippen molar-refractivity contribution >= 4 is 18.0 Å². The van der Waals surface area contributed by atoms with E-state index in [1.807, 2.05) is 38.1 Å². The van der Waals surface area contributed by atoms with Crippen molar-refractivity contribution < 1.29 is 24.2 Å². The highest BCUT2D eigenvalue weighted by molar-refractivity contribution is 5.84. The van der Waals surface area contributed by atoms with Gasteiger partial charge in [-0.05, 0) is 67.2 Å². The lowest BCUT2D eigenvalue weighted by Gasteiger charge is -2.40. The molecule has 0 radical (unpaired) electrons. The van der Waals surface area contributed by atoms with Crippen LogP contribution in [0, 0.1) is 17.8 Å². The summed E-state index contributed by atoms with van der Waals surface area (Å²) in [5, 5.41) is 12.2. The van der Waals surface area contributed by atoms with Gasteiger partial charge in [-0.3, -0.25) is 9.59 Å². The number of nitrogens with one attached hydrogen (secondary N) is 1. The van der Waals surface area contributed by atoms with Gasteiger partial charge in [0.2, 0.25) is 5.91 Å². The molecule has 184 valence electrons. The zero-order valence-corrected chi connectivity index (χ0v) is 20.1. The van der Waals surface area contributed by atoms with Crippen molar-refractivity contribution in [1.82, 2.24) is 10.2 Å². The number of carbonyl (C=O) groups excluding carboxylic acids is 2. The van der Waals surface area contributed by atoms with Gasteiger partial charge in [0, 0.05) is 23.9 Å². The average molecular weight is 477 g/mol. The van der Waals surface area contributed by atoms with Crippen LogP contribution < -0.4 is 5.32 Å². The molecule has 35 heavy (non-hydrogen) atoms. The Kier molecular flexibility index (Phi) is 6.26. The number of ether oxygens (including phenoxy) is 1. The third kappa shape index (κ3) is 4.40. The molecule has 0 aliphatic heterocycles. The van der Waals surface area contributed by atoms with E-state index in [9.17, 15) is 14.4 Å². The number of fused-ring (bicyclic) bond motifs is 4. The summed E-state index contributed by atoms with van der Waals surface area (Å²) in [4.78, 5) is 38.3. The number of alkyl carbamates (subject to hydrolysis) is 1. The molecule has 2 N–H and O–H groups in total. The molecule has 4 atom stereocenters. The minimum absolute atomic E-state index is 0.000393. The van der Waals surface area contributed by atoms with Crippen molar-refractivity contribution in [2.75, 3.05) is 13.2 Å². The highest BCUT2D eigenvalue weighted by Crippen LogP contribution is 2.50. The van der Waals surface area contributed by atoms with Crippen LogP contribution in [0.15, 0.2) is 48.5 Å². The molecule has 5 rings (SSSR count). The van der Waals surface area contributed by atoms with Crippen LogP contribution in [-0.2, 0) is 14.3 Å². The third-order valence-electron chi connectivity index (χ3n) is 8.03. The molecule has 2 saturated carbocycles. The van der Waals surface area contributed by atoms with Crippen LogP contribution in [0.2, 0.25) is 0 Å². The summed E-state index contributed by atoms with van der Waals surface area (Å²) in [5.74, 6) is -0.613. The zero-order chi connectivity index (χ0) is 24.7. The summed E-state index contributed by atoms with van der Waals surface area (Å²) < 4.78 is 5.69. The predicted molar refractivity (Wildman–Crippen MR) is 131 cm³/mol. The van der Waals surface area contributed by atoms with Gasteiger partial charge in [-0.2, -0.15) is 0 Å². The van der Waals surface area contributed by atoms with Crippen LogP contribution in [0.4, 0.5) is 4.79 Å². The van der Waals surface area contributed by atoms with E-state index in [2.05, 4.69) is 29.6 Å². The second kappa shape index (κ2) is 9.36. The number of benzene rings is 2. The Balaban J connectivity index is 1.16. The number of amides is 2. The summed E-state index contributed by atoms with van der Waals surface area (Å²) in [6, 6.07) is 16.3. The zero-order valence-electron chi connectivity index (χ0n) is 20.1. The monoisotopic (exact) mass is 476 g/mol. The van der Waals surface area contributed by atoms with E-state index >= 15 is 0 Å². The molecule has 3 aliphatic carbocycles. The van der Waals surface area contributed by atoms with Crippen molar-refractivity contribution in [3.63, 3.8) is 0 Å². The maximum Gasteiger partial charge on any atom is 0.407 e. The van der Waals surface area contributed by atoms with Gasteiger partial charge in [0.05, 0.1) is 0 Å². The fourth-order valence-electron chi connectivity index (χ4n) is 6.28. The van der Waals surface area contributed by atoms with E-state index in [0.29, 0.717) is 12.3 Å². The Bertz CT molecular complexity index is 1100. The van der Waals surface area contributed by atoms with Crippen LogP contribution in [0.5, 0.6) is 0 Å². The molecule has 7 heteroatoms. The standard InChI is InChI=1S/C28H32N2O5/c1-16(2)30(14-26(31)32)27(33)18-11-17-13-25(23(17)12-18)29-28(34)35-15-24-21-9-5-3-7-19(21)20-8-4-6-10-22(20)24/h3-10,16-18,23-25H,11-15H2,1-2H3,(H,29,34)(H,31,32)/t17-,18?,23-,25+/m0/s1. The fraction of sp³-hybridized carbons (Fsp3) is 0.464. The minimum atomic E-state index is -0.997. The quantitative estimate of drug-likeness (QED) is 0.623. The lowest BCUT2D eigenvalue weighted by atomic mass is 9.71. The van der Waals surface area contributed by atoms with E-state index in [-0.39, 0.29) is 48.9 Å². The maximum atomic E-state index is 13.0. The molecule has 0 spiro atoms. The normalized spacial score (nSPS) is 24.2.